The van der Waals surface area contributed by atoms with Crippen LogP contribution in [0.15, 0.2) is 17.5 Å². The molecule has 1 aromatic heterocycles. The zero-order valence-corrected chi connectivity index (χ0v) is 8.80. The van der Waals surface area contributed by atoms with Gasteiger partial charge in [0.15, 0.2) is 0 Å². The summed E-state index contributed by atoms with van der Waals surface area (Å²) in [6.07, 6.45) is 1.07. The van der Waals surface area contributed by atoms with Gasteiger partial charge in [-0.15, -0.1) is 11.3 Å². The Kier molecular flexibility index (Phi) is 4.32. The summed E-state index contributed by atoms with van der Waals surface area (Å²) in [5.41, 5.74) is 0. The Bertz CT molecular complexity index is 303. The average molecular weight is 212 g/mol. The molecule has 4 heteroatoms. The number of ketones is 1. The molecule has 0 saturated carbocycles. The fourth-order valence-corrected chi connectivity index (χ4v) is 1.57. The summed E-state index contributed by atoms with van der Waals surface area (Å²) in [6, 6.07) is 3.52. The van der Waals surface area contributed by atoms with Crippen LogP contribution in [-0.4, -0.2) is 18.4 Å². The van der Waals surface area contributed by atoms with Gasteiger partial charge in [0.05, 0.1) is 6.61 Å². The molecule has 0 radical (unpaired) electrons. The lowest BCUT2D eigenvalue weighted by Crippen LogP contribution is -2.05. The summed E-state index contributed by atoms with van der Waals surface area (Å²) in [6.45, 7) is 1.84. The van der Waals surface area contributed by atoms with Crippen molar-refractivity contribution in [2.24, 2.45) is 0 Å². The van der Waals surface area contributed by atoms with Crippen LogP contribution in [-0.2, 0) is 9.53 Å². The van der Waals surface area contributed by atoms with Crippen LogP contribution in [0.5, 0.6) is 0 Å². The van der Waals surface area contributed by atoms with Crippen molar-refractivity contribution in [2.75, 3.05) is 6.61 Å². The molecule has 0 spiro atoms. The first-order valence-corrected chi connectivity index (χ1v) is 5.28. The van der Waals surface area contributed by atoms with Gasteiger partial charge in [-0.05, 0) is 24.8 Å². The van der Waals surface area contributed by atoms with Crippen LogP contribution in [0, 0.1) is 0 Å². The van der Waals surface area contributed by atoms with Crippen LogP contribution in [0.3, 0.4) is 0 Å². The van der Waals surface area contributed by atoms with E-state index < -0.39 is 0 Å². The highest BCUT2D eigenvalue weighted by Gasteiger charge is 2.06. The minimum absolute atomic E-state index is 0.122. The third-order valence-corrected chi connectivity index (χ3v) is 2.48. The van der Waals surface area contributed by atoms with Crippen molar-refractivity contribution in [1.29, 1.82) is 0 Å². The number of thiophene rings is 1. The number of hydrogen-bond donors (Lipinski definition) is 0. The molecule has 0 N–H and O–H groups in total. The Morgan fingerprint density at radius 1 is 1.50 bits per heavy atom. The molecule has 0 fully saturated rings. The second-order valence-electron chi connectivity index (χ2n) is 2.92. The lowest BCUT2D eigenvalue weighted by atomic mass is 10.2. The Hall–Kier alpha value is -1.16. The number of carbonyl (C=O) groups is 2. The Morgan fingerprint density at radius 3 is 2.86 bits per heavy atom. The van der Waals surface area contributed by atoms with E-state index in [1.165, 1.54) is 18.3 Å². The van der Waals surface area contributed by atoms with E-state index in [1.807, 2.05) is 5.38 Å². The van der Waals surface area contributed by atoms with Gasteiger partial charge in [0, 0.05) is 6.42 Å². The van der Waals surface area contributed by atoms with E-state index >= 15 is 0 Å². The van der Waals surface area contributed by atoms with Gasteiger partial charge in [-0.2, -0.15) is 0 Å². The number of carbonyl (C=O) groups excluding carboxylic acids is 2. The van der Waals surface area contributed by atoms with Gasteiger partial charge in [-0.1, -0.05) is 6.07 Å². The number of rotatable bonds is 5. The molecule has 0 amide bonds. The maximum absolute atomic E-state index is 11.3. The molecule has 1 heterocycles. The summed E-state index contributed by atoms with van der Waals surface area (Å²) in [4.78, 5) is 22.4. The summed E-state index contributed by atoms with van der Waals surface area (Å²) < 4.78 is 4.96. The van der Waals surface area contributed by atoms with E-state index in [0.29, 0.717) is 24.3 Å². The fraction of sp³-hybridized carbons (Fsp3) is 0.400. The van der Waals surface area contributed by atoms with Gasteiger partial charge in [0.2, 0.25) is 0 Å². The Labute approximate surface area is 86.7 Å². The monoisotopic (exact) mass is 212 g/mol. The first-order valence-electron chi connectivity index (χ1n) is 4.40. The average Bonchev–Trinajstić information content (AvgIpc) is 2.64. The fourth-order valence-electron chi connectivity index (χ4n) is 0.952. The second-order valence-corrected chi connectivity index (χ2v) is 3.87. The summed E-state index contributed by atoms with van der Waals surface area (Å²) >= 11 is 1.35. The van der Waals surface area contributed by atoms with Crippen molar-refractivity contribution in [3.05, 3.63) is 22.4 Å². The molecule has 0 bridgehead atoms. The van der Waals surface area contributed by atoms with Gasteiger partial charge in [0.25, 0.3) is 0 Å². The highest BCUT2D eigenvalue weighted by atomic mass is 32.1. The molecule has 1 aromatic rings. The predicted molar refractivity (Wildman–Crippen MR) is 54.5 cm³/mol. The Balaban J connectivity index is 2.19. The molecule has 0 aromatic carbocycles. The van der Waals surface area contributed by atoms with Crippen molar-refractivity contribution < 1.29 is 14.3 Å². The van der Waals surface area contributed by atoms with Crippen molar-refractivity contribution in [3.8, 4) is 0 Å². The third kappa shape index (κ3) is 3.70. The number of Topliss-reactive ketones (excluding diaryl/α,β-unsaturated/α-hetero) is 1. The molecule has 1 rings (SSSR count). The first-order chi connectivity index (χ1) is 6.70. The summed E-state index contributed by atoms with van der Waals surface area (Å²) in [5.74, 6) is -0.180. The number of hydrogen-bond acceptors (Lipinski definition) is 4. The third-order valence-electron chi connectivity index (χ3n) is 1.63. The van der Waals surface area contributed by atoms with Crippen LogP contribution >= 0.6 is 11.3 Å². The van der Waals surface area contributed by atoms with Gasteiger partial charge in [-0.25, -0.2) is 4.79 Å². The zero-order valence-electron chi connectivity index (χ0n) is 7.99. The first kappa shape index (κ1) is 10.9. The molecule has 0 aliphatic heterocycles. The summed E-state index contributed by atoms with van der Waals surface area (Å²) in [7, 11) is 0. The molecular formula is C10H12O3S. The lowest BCUT2D eigenvalue weighted by molar-refractivity contribution is -0.117. The lowest BCUT2D eigenvalue weighted by Gasteiger charge is -2.01. The zero-order chi connectivity index (χ0) is 10.4. The smallest absolute Gasteiger partial charge is 0.348 e. The summed E-state index contributed by atoms with van der Waals surface area (Å²) in [5, 5.41) is 1.83. The van der Waals surface area contributed by atoms with E-state index in [-0.39, 0.29) is 11.8 Å². The van der Waals surface area contributed by atoms with Crippen LogP contribution in [0.4, 0.5) is 0 Å². The maximum Gasteiger partial charge on any atom is 0.348 e. The molecule has 14 heavy (non-hydrogen) atoms. The molecule has 0 saturated heterocycles. The van der Waals surface area contributed by atoms with Crippen molar-refractivity contribution in [1.82, 2.24) is 0 Å². The van der Waals surface area contributed by atoms with E-state index in [4.69, 9.17) is 4.74 Å². The minimum atomic E-state index is -0.302. The molecule has 0 atom stereocenters. The van der Waals surface area contributed by atoms with E-state index in [0.717, 1.165) is 0 Å². The van der Waals surface area contributed by atoms with Gasteiger partial charge in [-0.3, -0.25) is 0 Å². The highest BCUT2D eigenvalue weighted by molar-refractivity contribution is 7.11. The highest BCUT2D eigenvalue weighted by Crippen LogP contribution is 2.10. The largest absolute Gasteiger partial charge is 0.461 e. The molecule has 3 nitrogen and oxygen atoms in total. The van der Waals surface area contributed by atoms with E-state index in [2.05, 4.69) is 0 Å². The standard InChI is InChI=1S/C10H12O3S/c1-8(11)4-2-6-13-10(12)9-5-3-7-14-9/h3,5,7H,2,4,6H2,1H3. The molecule has 0 unspecified atom stereocenters. The molecule has 76 valence electrons. The van der Waals surface area contributed by atoms with E-state index in [9.17, 15) is 9.59 Å². The number of ether oxygens (including phenoxy) is 1. The van der Waals surface area contributed by atoms with Crippen LogP contribution in [0.25, 0.3) is 0 Å². The van der Waals surface area contributed by atoms with Gasteiger partial charge >= 0.3 is 5.97 Å². The molecular weight excluding hydrogens is 200 g/mol. The van der Waals surface area contributed by atoms with E-state index in [1.54, 1.807) is 12.1 Å². The van der Waals surface area contributed by atoms with Crippen LogP contribution < -0.4 is 0 Å². The Morgan fingerprint density at radius 2 is 2.29 bits per heavy atom. The topological polar surface area (TPSA) is 43.4 Å². The quantitative estimate of drug-likeness (QED) is 0.555. The maximum atomic E-state index is 11.3. The van der Waals surface area contributed by atoms with Gasteiger partial charge < -0.3 is 9.53 Å². The second kappa shape index (κ2) is 5.54. The number of esters is 1. The SMILES string of the molecule is CC(=O)CCCOC(=O)c1cccs1. The minimum Gasteiger partial charge on any atom is -0.461 e. The van der Waals surface area contributed by atoms with Crippen molar-refractivity contribution >= 4 is 23.1 Å². The van der Waals surface area contributed by atoms with Crippen molar-refractivity contribution in [3.63, 3.8) is 0 Å². The van der Waals surface area contributed by atoms with Crippen LogP contribution in [0.1, 0.15) is 29.4 Å². The van der Waals surface area contributed by atoms with Crippen molar-refractivity contribution in [2.45, 2.75) is 19.8 Å². The van der Waals surface area contributed by atoms with Gasteiger partial charge in [0.1, 0.15) is 10.7 Å². The van der Waals surface area contributed by atoms with Crippen LogP contribution in [0.2, 0.25) is 0 Å². The molecule has 0 aliphatic carbocycles. The molecule has 0 aliphatic rings. The normalized spacial score (nSPS) is 9.79. The predicted octanol–water partition coefficient (Wildman–Crippen LogP) is 2.27.